The Morgan fingerprint density at radius 2 is 2.22 bits per heavy atom. The Hall–Kier alpha value is -1.72. The third kappa shape index (κ3) is 3.94. The average Bonchev–Trinajstić information content (AvgIpc) is 2.81. The van der Waals surface area contributed by atoms with Gasteiger partial charge >= 0.3 is 5.97 Å². The smallest absolute Gasteiger partial charge is 0.307 e. The fourth-order valence-electron chi connectivity index (χ4n) is 2.00. The lowest BCUT2D eigenvalue weighted by atomic mass is 9.83. The molecule has 0 unspecified atom stereocenters. The molecular formula is C12H20N4O2. The van der Waals surface area contributed by atoms with E-state index in [2.05, 4.69) is 20.6 Å². The number of aromatic amines is 1. The number of hydrogen-bond donors (Lipinski definition) is 2. The van der Waals surface area contributed by atoms with Crippen molar-refractivity contribution in [2.24, 2.45) is 11.8 Å². The second-order valence-corrected chi connectivity index (χ2v) is 4.76. The van der Waals surface area contributed by atoms with Gasteiger partial charge in [0.2, 0.25) is 0 Å². The Morgan fingerprint density at radius 1 is 1.50 bits per heavy atom. The van der Waals surface area contributed by atoms with Crippen molar-refractivity contribution in [2.45, 2.75) is 39.5 Å². The molecule has 2 N–H and O–H groups in total. The fourth-order valence-corrected chi connectivity index (χ4v) is 2.00. The van der Waals surface area contributed by atoms with Gasteiger partial charge in [-0.15, -0.1) is 10.2 Å². The minimum atomic E-state index is -0.803. The van der Waals surface area contributed by atoms with Gasteiger partial charge in [-0.05, 0) is 25.7 Å². The van der Waals surface area contributed by atoms with Gasteiger partial charge in [-0.1, -0.05) is 31.2 Å². The lowest BCUT2D eigenvalue weighted by Crippen LogP contribution is -2.24. The van der Waals surface area contributed by atoms with Crippen LogP contribution in [0.4, 0.5) is 0 Å². The summed E-state index contributed by atoms with van der Waals surface area (Å²) in [7, 11) is 0. The van der Waals surface area contributed by atoms with Gasteiger partial charge in [-0.2, -0.15) is 5.21 Å². The van der Waals surface area contributed by atoms with Crippen LogP contribution in [0.25, 0.3) is 0 Å². The molecule has 1 aromatic heterocycles. The number of aromatic nitrogens is 4. The summed E-state index contributed by atoms with van der Waals surface area (Å²) < 4.78 is 0. The third-order valence-electron chi connectivity index (χ3n) is 2.85. The molecule has 0 bridgehead atoms. The van der Waals surface area contributed by atoms with Gasteiger partial charge in [0.05, 0.1) is 5.92 Å². The van der Waals surface area contributed by atoms with E-state index in [9.17, 15) is 9.90 Å². The molecule has 0 spiro atoms. The van der Waals surface area contributed by atoms with Crippen LogP contribution in [0, 0.1) is 11.8 Å². The molecule has 2 atom stereocenters. The lowest BCUT2D eigenvalue weighted by Gasteiger charge is -2.21. The van der Waals surface area contributed by atoms with E-state index in [1.54, 1.807) is 0 Å². The molecular weight excluding hydrogens is 232 g/mol. The molecule has 6 heteroatoms. The van der Waals surface area contributed by atoms with Gasteiger partial charge in [-0.3, -0.25) is 4.79 Å². The zero-order valence-corrected chi connectivity index (χ0v) is 11.0. The number of H-pyrrole nitrogens is 1. The van der Waals surface area contributed by atoms with E-state index in [1.807, 2.05) is 32.9 Å². The zero-order valence-electron chi connectivity index (χ0n) is 11.0. The number of nitrogens with one attached hydrogen (secondary N) is 1. The quantitative estimate of drug-likeness (QED) is 0.724. The van der Waals surface area contributed by atoms with Crippen molar-refractivity contribution in [1.82, 2.24) is 20.6 Å². The number of tetrazole rings is 1. The van der Waals surface area contributed by atoms with Gasteiger partial charge in [0.1, 0.15) is 0 Å². The van der Waals surface area contributed by atoms with Gasteiger partial charge < -0.3 is 5.11 Å². The number of carboxylic acid groups (broad SMARTS) is 1. The molecule has 100 valence electrons. The van der Waals surface area contributed by atoms with Crippen LogP contribution in [-0.2, 0) is 4.79 Å². The van der Waals surface area contributed by atoms with E-state index in [1.165, 1.54) is 0 Å². The van der Waals surface area contributed by atoms with Gasteiger partial charge in [0.15, 0.2) is 5.82 Å². The summed E-state index contributed by atoms with van der Waals surface area (Å²) in [6.45, 7) is 5.93. The summed E-state index contributed by atoms with van der Waals surface area (Å²) in [4.78, 5) is 11.4. The second-order valence-electron chi connectivity index (χ2n) is 4.76. The predicted molar refractivity (Wildman–Crippen MR) is 66.9 cm³/mol. The van der Waals surface area contributed by atoms with Crippen LogP contribution in [0.1, 0.15) is 45.4 Å². The first-order valence-corrected chi connectivity index (χ1v) is 6.13. The molecule has 0 radical (unpaired) electrons. The van der Waals surface area contributed by atoms with E-state index >= 15 is 0 Å². The summed E-state index contributed by atoms with van der Waals surface area (Å²) in [5.41, 5.74) is 0. The molecule has 0 aromatic carbocycles. The van der Waals surface area contributed by atoms with Gasteiger partial charge in [0, 0.05) is 5.92 Å². The number of carboxylic acids is 1. The van der Waals surface area contributed by atoms with E-state index < -0.39 is 11.9 Å². The van der Waals surface area contributed by atoms with Crippen LogP contribution in [-0.4, -0.2) is 31.7 Å². The second kappa shape index (κ2) is 6.88. The van der Waals surface area contributed by atoms with E-state index in [0.717, 1.165) is 0 Å². The van der Waals surface area contributed by atoms with E-state index in [0.29, 0.717) is 24.6 Å². The Labute approximate surface area is 106 Å². The molecule has 1 aromatic rings. The van der Waals surface area contributed by atoms with Crippen molar-refractivity contribution in [3.8, 4) is 0 Å². The predicted octanol–water partition coefficient (Wildman–Crippen LogP) is 2.00. The zero-order chi connectivity index (χ0) is 13.5. The van der Waals surface area contributed by atoms with Crippen LogP contribution < -0.4 is 0 Å². The van der Waals surface area contributed by atoms with Crippen LogP contribution in [0.5, 0.6) is 0 Å². The highest BCUT2D eigenvalue weighted by atomic mass is 16.4. The summed E-state index contributed by atoms with van der Waals surface area (Å²) >= 11 is 0. The first kappa shape index (κ1) is 14.3. The molecule has 0 amide bonds. The molecule has 6 nitrogen and oxygen atoms in total. The number of rotatable bonds is 7. The molecule has 1 rings (SSSR count). The van der Waals surface area contributed by atoms with Gasteiger partial charge in [-0.25, -0.2) is 0 Å². The molecule has 0 aliphatic heterocycles. The molecule has 0 aliphatic rings. The maximum Gasteiger partial charge on any atom is 0.307 e. The highest BCUT2D eigenvalue weighted by molar-refractivity contribution is 5.71. The maximum atomic E-state index is 11.4. The molecule has 1 heterocycles. The van der Waals surface area contributed by atoms with Crippen molar-refractivity contribution < 1.29 is 9.90 Å². The monoisotopic (exact) mass is 252 g/mol. The molecule has 18 heavy (non-hydrogen) atoms. The van der Waals surface area contributed by atoms with Crippen molar-refractivity contribution in [1.29, 1.82) is 0 Å². The van der Waals surface area contributed by atoms with Crippen molar-refractivity contribution in [2.75, 3.05) is 0 Å². The Kier molecular flexibility index (Phi) is 5.48. The minimum absolute atomic E-state index is 0.236. The van der Waals surface area contributed by atoms with Crippen LogP contribution in [0.3, 0.4) is 0 Å². The van der Waals surface area contributed by atoms with Crippen LogP contribution >= 0.6 is 0 Å². The van der Waals surface area contributed by atoms with Crippen LogP contribution in [0.2, 0.25) is 0 Å². The largest absolute Gasteiger partial charge is 0.481 e. The number of carbonyl (C=O) groups is 1. The highest BCUT2D eigenvalue weighted by Crippen LogP contribution is 2.30. The number of nitrogens with zero attached hydrogens (tertiary/aromatic N) is 3. The Bertz CT molecular complexity index is 387. The molecule has 0 saturated carbocycles. The Morgan fingerprint density at radius 3 is 2.67 bits per heavy atom. The number of hydrogen-bond acceptors (Lipinski definition) is 4. The summed E-state index contributed by atoms with van der Waals surface area (Å²) in [6.07, 6.45) is 5.06. The summed E-state index contributed by atoms with van der Waals surface area (Å²) in [5.74, 6) is -0.742. The minimum Gasteiger partial charge on any atom is -0.481 e. The Balaban J connectivity index is 2.94. The lowest BCUT2D eigenvalue weighted by molar-refractivity contribution is -0.143. The molecule has 0 aliphatic carbocycles. The van der Waals surface area contributed by atoms with Crippen molar-refractivity contribution >= 4 is 5.97 Å². The number of allylic oxidation sites excluding steroid dienone is 2. The normalized spacial score (nSPS) is 15.1. The average molecular weight is 252 g/mol. The topological polar surface area (TPSA) is 91.8 Å². The van der Waals surface area contributed by atoms with Crippen molar-refractivity contribution in [3.05, 3.63) is 18.0 Å². The molecule has 0 fully saturated rings. The fraction of sp³-hybridized carbons (Fsp3) is 0.667. The molecule has 0 saturated heterocycles. The third-order valence-corrected chi connectivity index (χ3v) is 2.85. The van der Waals surface area contributed by atoms with Gasteiger partial charge in [0.25, 0.3) is 0 Å². The first-order valence-electron chi connectivity index (χ1n) is 6.13. The number of aliphatic carboxylic acids is 1. The van der Waals surface area contributed by atoms with Crippen molar-refractivity contribution in [3.63, 3.8) is 0 Å². The van der Waals surface area contributed by atoms with Crippen LogP contribution in [0.15, 0.2) is 12.2 Å². The SMILES string of the molecule is C/C=C/C[C@H](c1nn[nH]n1)[C@H](CC(C)C)C(=O)O. The highest BCUT2D eigenvalue weighted by Gasteiger charge is 2.31. The standard InChI is InChI=1S/C12H20N4O2/c1-4-5-6-9(11-13-15-16-14-11)10(12(17)18)7-8(2)3/h4-5,8-10H,6-7H2,1-3H3,(H,17,18)(H,13,14,15,16)/b5-4+/t9-,10-/m0/s1. The first-order chi connectivity index (χ1) is 8.56. The summed E-state index contributed by atoms with van der Waals surface area (Å²) in [5, 5.41) is 23.2. The summed E-state index contributed by atoms with van der Waals surface area (Å²) in [6, 6.07) is 0. The van der Waals surface area contributed by atoms with E-state index in [4.69, 9.17) is 0 Å². The van der Waals surface area contributed by atoms with E-state index in [-0.39, 0.29) is 5.92 Å². The maximum absolute atomic E-state index is 11.4.